The first kappa shape index (κ1) is 11.2. The molecule has 0 atom stereocenters. The maximum Gasteiger partial charge on any atom is 0.275 e. The molecular formula is C9H13N7O. The number of hydrogen-bond donors (Lipinski definition) is 0. The van der Waals surface area contributed by atoms with Crippen molar-refractivity contribution in [2.75, 3.05) is 38.0 Å². The smallest absolute Gasteiger partial charge is 0.275 e. The van der Waals surface area contributed by atoms with Crippen LogP contribution in [0.3, 0.4) is 0 Å². The van der Waals surface area contributed by atoms with Crippen LogP contribution in [-0.4, -0.2) is 48.5 Å². The van der Waals surface area contributed by atoms with E-state index >= 15 is 0 Å². The summed E-state index contributed by atoms with van der Waals surface area (Å²) in [4.78, 5) is 12.6. The van der Waals surface area contributed by atoms with Gasteiger partial charge in [0.1, 0.15) is 11.4 Å². The molecule has 0 unspecified atom stereocenters. The monoisotopic (exact) mass is 235 g/mol. The molecule has 0 aliphatic heterocycles. The number of hydrogen-bond acceptors (Lipinski definition) is 7. The van der Waals surface area contributed by atoms with E-state index in [2.05, 4.69) is 20.3 Å². The summed E-state index contributed by atoms with van der Waals surface area (Å²) in [5.74, 6) is 1.15. The highest BCUT2D eigenvalue weighted by atomic mass is 16.5. The lowest BCUT2D eigenvalue weighted by atomic mass is 10.4. The van der Waals surface area contributed by atoms with Crippen molar-refractivity contribution < 1.29 is 4.85 Å². The molecule has 90 valence electrons. The van der Waals surface area contributed by atoms with Crippen LogP contribution < -0.4 is 14.6 Å². The summed E-state index contributed by atoms with van der Waals surface area (Å²) >= 11 is 0. The molecule has 0 aliphatic rings. The predicted molar refractivity (Wildman–Crippen MR) is 62.7 cm³/mol. The van der Waals surface area contributed by atoms with Crippen LogP contribution in [0.2, 0.25) is 0 Å². The molecule has 2 heterocycles. The van der Waals surface area contributed by atoms with Gasteiger partial charge in [0, 0.05) is 28.2 Å². The average molecular weight is 235 g/mol. The van der Waals surface area contributed by atoms with Crippen molar-refractivity contribution >= 4 is 22.8 Å². The molecule has 8 heteroatoms. The van der Waals surface area contributed by atoms with Gasteiger partial charge < -0.3 is 15.0 Å². The van der Waals surface area contributed by atoms with Crippen LogP contribution in [0.15, 0.2) is 6.20 Å². The van der Waals surface area contributed by atoms with Crippen LogP contribution in [0.5, 0.6) is 0 Å². The molecule has 0 radical (unpaired) electrons. The Morgan fingerprint density at radius 2 is 1.82 bits per heavy atom. The van der Waals surface area contributed by atoms with Gasteiger partial charge in [-0.3, -0.25) is 0 Å². The van der Waals surface area contributed by atoms with Crippen molar-refractivity contribution in [3.63, 3.8) is 0 Å². The van der Waals surface area contributed by atoms with Gasteiger partial charge in [0.15, 0.2) is 11.3 Å². The Hall–Kier alpha value is -2.25. The van der Waals surface area contributed by atoms with E-state index in [1.807, 2.05) is 28.2 Å². The Morgan fingerprint density at radius 1 is 1.12 bits per heavy atom. The number of nitrogens with zero attached hydrogens (tertiary/aromatic N) is 7. The van der Waals surface area contributed by atoms with Crippen molar-refractivity contribution in [1.29, 1.82) is 0 Å². The lowest BCUT2D eigenvalue weighted by Crippen LogP contribution is -2.32. The quantitative estimate of drug-likeness (QED) is 0.497. The van der Waals surface area contributed by atoms with Crippen LogP contribution >= 0.6 is 0 Å². The molecule has 0 fully saturated rings. The third kappa shape index (κ3) is 2.01. The van der Waals surface area contributed by atoms with Gasteiger partial charge in [-0.05, 0) is 0 Å². The number of fused-ring (bicyclic) bond motifs is 1. The summed E-state index contributed by atoms with van der Waals surface area (Å²) in [5.41, 5.74) is 0.977. The Labute approximate surface area is 98.1 Å². The topological polar surface area (TPSA) is 85.0 Å². The van der Waals surface area contributed by atoms with Gasteiger partial charge >= 0.3 is 0 Å². The van der Waals surface area contributed by atoms with E-state index in [0.29, 0.717) is 27.6 Å². The van der Waals surface area contributed by atoms with Crippen LogP contribution in [0.1, 0.15) is 0 Å². The summed E-state index contributed by atoms with van der Waals surface area (Å²) in [6.45, 7) is 0. The zero-order valence-corrected chi connectivity index (χ0v) is 10.1. The van der Waals surface area contributed by atoms with Gasteiger partial charge in [-0.25, -0.2) is 4.98 Å². The molecule has 0 spiro atoms. The van der Waals surface area contributed by atoms with Crippen LogP contribution in [0.4, 0.5) is 11.8 Å². The van der Waals surface area contributed by atoms with E-state index in [1.54, 1.807) is 9.80 Å². The third-order valence-electron chi connectivity index (χ3n) is 2.17. The molecule has 2 rings (SSSR count). The fraction of sp³-hybridized carbons (Fsp3) is 0.444. The molecule has 0 N–H and O–H groups in total. The largest absolute Gasteiger partial charge is 0.691 e. The summed E-state index contributed by atoms with van der Waals surface area (Å²) < 4.78 is 0. The van der Waals surface area contributed by atoms with Gasteiger partial charge in [0.05, 0.1) is 5.10 Å². The first-order valence-corrected chi connectivity index (χ1v) is 4.98. The lowest BCUT2D eigenvalue weighted by molar-refractivity contribution is -0.673. The molecule has 0 aliphatic carbocycles. The third-order valence-corrected chi connectivity index (χ3v) is 2.17. The average Bonchev–Trinajstić information content (AvgIpc) is 2.26. The van der Waals surface area contributed by atoms with E-state index in [1.165, 1.54) is 6.20 Å². The Morgan fingerprint density at radius 3 is 2.41 bits per heavy atom. The van der Waals surface area contributed by atoms with Crippen molar-refractivity contribution in [2.45, 2.75) is 0 Å². The molecule has 0 saturated heterocycles. The van der Waals surface area contributed by atoms with E-state index in [0.717, 1.165) is 0 Å². The Bertz CT molecular complexity index is 554. The van der Waals surface area contributed by atoms with Crippen molar-refractivity contribution in [3.05, 3.63) is 11.4 Å². The minimum atomic E-state index is 0.383. The van der Waals surface area contributed by atoms with Crippen LogP contribution in [0, 0.1) is 5.21 Å². The SMILES string of the molecule is CN(C)c1nc(N(C)C)c2nn[n+]([O-])cc2n1. The van der Waals surface area contributed by atoms with E-state index in [9.17, 15) is 5.21 Å². The predicted octanol–water partition coefficient (Wildman–Crippen LogP) is -0.815. The molecule has 17 heavy (non-hydrogen) atoms. The van der Waals surface area contributed by atoms with E-state index in [4.69, 9.17) is 0 Å². The molecule has 0 amide bonds. The highest BCUT2D eigenvalue weighted by Gasteiger charge is 2.17. The highest BCUT2D eigenvalue weighted by Crippen LogP contribution is 2.20. The van der Waals surface area contributed by atoms with Crippen LogP contribution in [0.25, 0.3) is 11.0 Å². The normalized spacial score (nSPS) is 10.6. The summed E-state index contributed by atoms with van der Waals surface area (Å²) in [7, 11) is 7.36. The molecule has 0 bridgehead atoms. The molecule has 8 nitrogen and oxygen atoms in total. The van der Waals surface area contributed by atoms with Crippen molar-refractivity contribution in [1.82, 2.24) is 20.3 Å². The fourth-order valence-corrected chi connectivity index (χ4v) is 1.36. The first-order valence-electron chi connectivity index (χ1n) is 4.98. The number of anilines is 2. The maximum absolute atomic E-state index is 11.1. The minimum Gasteiger partial charge on any atom is -0.691 e. The van der Waals surface area contributed by atoms with E-state index < -0.39 is 0 Å². The fourth-order valence-electron chi connectivity index (χ4n) is 1.36. The summed E-state index contributed by atoms with van der Waals surface area (Å²) in [6, 6.07) is 0. The second-order valence-electron chi connectivity index (χ2n) is 3.99. The standard InChI is InChI=1S/C9H13N7O/c1-14(2)8-7-6(5-16(17)13-12-7)10-9(11-8)15(3)4/h5H,1-4H3. The van der Waals surface area contributed by atoms with E-state index in [-0.39, 0.29) is 0 Å². The molecule has 0 saturated carbocycles. The second-order valence-corrected chi connectivity index (χ2v) is 3.99. The Balaban J connectivity index is 2.76. The Kier molecular flexibility index (Phi) is 2.62. The maximum atomic E-state index is 11.1. The number of rotatable bonds is 2. The van der Waals surface area contributed by atoms with Crippen molar-refractivity contribution in [2.24, 2.45) is 0 Å². The molecular weight excluding hydrogens is 222 g/mol. The summed E-state index contributed by atoms with van der Waals surface area (Å²) in [5, 5.41) is 18.3. The molecule has 0 aromatic carbocycles. The zero-order valence-electron chi connectivity index (χ0n) is 10.1. The molecule has 2 aromatic rings. The first-order chi connectivity index (χ1) is 7.99. The van der Waals surface area contributed by atoms with Gasteiger partial charge in [0.2, 0.25) is 5.95 Å². The zero-order chi connectivity index (χ0) is 12.6. The second kappa shape index (κ2) is 3.96. The van der Waals surface area contributed by atoms with Gasteiger partial charge in [-0.1, -0.05) is 0 Å². The lowest BCUT2D eigenvalue weighted by Gasteiger charge is -2.15. The minimum absolute atomic E-state index is 0.383. The van der Waals surface area contributed by atoms with Gasteiger partial charge in [-0.2, -0.15) is 4.98 Å². The van der Waals surface area contributed by atoms with Crippen molar-refractivity contribution in [3.8, 4) is 0 Å². The molecule has 2 aromatic heterocycles. The van der Waals surface area contributed by atoms with Gasteiger partial charge in [0.25, 0.3) is 5.52 Å². The van der Waals surface area contributed by atoms with Gasteiger partial charge in [-0.15, -0.1) is 4.85 Å². The number of aromatic nitrogens is 5. The van der Waals surface area contributed by atoms with Crippen LogP contribution in [-0.2, 0) is 0 Å². The highest BCUT2D eigenvalue weighted by molar-refractivity contribution is 5.85. The summed E-state index contributed by atoms with van der Waals surface area (Å²) in [6.07, 6.45) is 1.28.